The van der Waals surface area contributed by atoms with E-state index in [1.54, 1.807) is 0 Å². The van der Waals surface area contributed by atoms with E-state index in [-0.39, 0.29) is 23.3 Å². The molecule has 28 heavy (non-hydrogen) atoms. The summed E-state index contributed by atoms with van der Waals surface area (Å²) < 4.78 is 5.50. The monoisotopic (exact) mass is 403 g/mol. The zero-order chi connectivity index (χ0) is 19.4. The average molecular weight is 404 g/mol. The summed E-state index contributed by atoms with van der Waals surface area (Å²) in [7, 11) is 0. The number of hydrogen-bond donors (Lipinski definition) is 1. The third-order valence-corrected chi connectivity index (χ3v) is 7.39. The second-order valence-electron chi connectivity index (χ2n) is 8.01. The van der Waals surface area contributed by atoms with Crippen molar-refractivity contribution in [2.24, 2.45) is 5.92 Å². The molecule has 0 saturated carbocycles. The molecule has 3 heterocycles. The van der Waals surface area contributed by atoms with E-state index in [1.165, 1.54) is 0 Å². The van der Waals surface area contributed by atoms with E-state index in [2.05, 4.69) is 10.2 Å². The van der Waals surface area contributed by atoms with E-state index in [9.17, 15) is 9.59 Å². The number of amides is 2. The van der Waals surface area contributed by atoms with Gasteiger partial charge < -0.3 is 15.0 Å². The highest BCUT2D eigenvalue weighted by Gasteiger charge is 2.42. The van der Waals surface area contributed by atoms with Crippen molar-refractivity contribution >= 4 is 23.6 Å². The Morgan fingerprint density at radius 3 is 2.75 bits per heavy atom. The minimum absolute atomic E-state index is 0.0217. The Hall–Kier alpha value is -1.57. The fourth-order valence-corrected chi connectivity index (χ4v) is 5.91. The van der Waals surface area contributed by atoms with Gasteiger partial charge >= 0.3 is 0 Å². The van der Waals surface area contributed by atoms with Crippen molar-refractivity contribution in [1.29, 1.82) is 0 Å². The molecule has 2 amide bonds. The topological polar surface area (TPSA) is 61.9 Å². The van der Waals surface area contributed by atoms with E-state index >= 15 is 0 Å². The summed E-state index contributed by atoms with van der Waals surface area (Å²) in [6, 6.07) is 9.96. The van der Waals surface area contributed by atoms with Crippen LogP contribution >= 0.6 is 11.8 Å². The number of nitrogens with one attached hydrogen (secondary N) is 1. The van der Waals surface area contributed by atoms with Gasteiger partial charge in [0.25, 0.3) is 0 Å². The number of hydrogen-bond acceptors (Lipinski definition) is 5. The minimum atomic E-state index is -0.244. The maximum Gasteiger partial charge on any atom is 0.225 e. The van der Waals surface area contributed by atoms with Gasteiger partial charge in [-0.15, -0.1) is 0 Å². The van der Waals surface area contributed by atoms with Crippen molar-refractivity contribution in [3.05, 3.63) is 35.9 Å². The predicted octanol–water partition coefficient (Wildman–Crippen LogP) is 1.36. The van der Waals surface area contributed by atoms with Gasteiger partial charge in [-0.2, -0.15) is 11.8 Å². The second kappa shape index (κ2) is 8.84. The largest absolute Gasteiger partial charge is 0.379 e. The third-order valence-electron chi connectivity index (χ3n) is 6.16. The van der Waals surface area contributed by atoms with Crippen molar-refractivity contribution in [2.75, 3.05) is 50.9 Å². The predicted molar refractivity (Wildman–Crippen MR) is 110 cm³/mol. The Labute approximate surface area is 171 Å². The van der Waals surface area contributed by atoms with Gasteiger partial charge in [0, 0.05) is 50.4 Å². The molecule has 0 aromatic heterocycles. The first-order valence-corrected chi connectivity index (χ1v) is 11.3. The van der Waals surface area contributed by atoms with Crippen molar-refractivity contribution < 1.29 is 14.3 Å². The number of rotatable bonds is 6. The summed E-state index contributed by atoms with van der Waals surface area (Å²) in [5.74, 6) is 2.04. The van der Waals surface area contributed by atoms with Gasteiger partial charge in [-0.1, -0.05) is 30.3 Å². The van der Waals surface area contributed by atoms with Gasteiger partial charge in [-0.05, 0) is 17.7 Å². The lowest BCUT2D eigenvalue weighted by atomic mass is 9.95. The zero-order valence-corrected chi connectivity index (χ0v) is 17.1. The first-order chi connectivity index (χ1) is 13.7. The van der Waals surface area contributed by atoms with Gasteiger partial charge in [0.1, 0.15) is 0 Å². The molecule has 1 N–H and O–H groups in total. The molecule has 1 aromatic carbocycles. The molecule has 3 aliphatic rings. The first kappa shape index (κ1) is 19.7. The summed E-state index contributed by atoms with van der Waals surface area (Å²) in [6.45, 7) is 5.17. The third kappa shape index (κ3) is 4.36. The zero-order valence-electron chi connectivity index (χ0n) is 16.3. The van der Waals surface area contributed by atoms with Crippen molar-refractivity contribution in [3.63, 3.8) is 0 Å². The smallest absolute Gasteiger partial charge is 0.225 e. The number of likely N-dealkylation sites (tertiary alicyclic amines) is 1. The lowest BCUT2D eigenvalue weighted by Crippen LogP contribution is -2.59. The fourth-order valence-electron chi connectivity index (χ4n) is 4.44. The lowest BCUT2D eigenvalue weighted by Gasteiger charge is -2.43. The van der Waals surface area contributed by atoms with E-state index < -0.39 is 0 Å². The summed E-state index contributed by atoms with van der Waals surface area (Å²) >= 11 is 1.96. The Kier molecular flexibility index (Phi) is 6.23. The maximum atomic E-state index is 12.8. The van der Waals surface area contributed by atoms with Crippen LogP contribution in [0.1, 0.15) is 18.4 Å². The molecular weight excluding hydrogens is 374 g/mol. The molecule has 0 spiro atoms. The summed E-state index contributed by atoms with van der Waals surface area (Å²) in [4.78, 5) is 29.5. The summed E-state index contributed by atoms with van der Waals surface area (Å²) in [6.07, 6.45) is 1.42. The van der Waals surface area contributed by atoms with Gasteiger partial charge in [-0.3, -0.25) is 14.5 Å². The Bertz CT molecular complexity index is 687. The molecule has 2 unspecified atom stereocenters. The molecule has 0 radical (unpaired) electrons. The quantitative estimate of drug-likeness (QED) is 0.777. The first-order valence-electron chi connectivity index (χ1n) is 10.2. The van der Waals surface area contributed by atoms with Gasteiger partial charge in [-0.25, -0.2) is 0 Å². The molecular formula is C21H29N3O3S. The highest BCUT2D eigenvalue weighted by molar-refractivity contribution is 7.99. The number of nitrogens with zero attached hydrogens (tertiary/aromatic N) is 2. The molecule has 0 aliphatic carbocycles. The van der Waals surface area contributed by atoms with E-state index in [0.29, 0.717) is 26.1 Å². The highest BCUT2D eigenvalue weighted by atomic mass is 32.2. The van der Waals surface area contributed by atoms with Crippen LogP contribution in [0.5, 0.6) is 0 Å². The van der Waals surface area contributed by atoms with Crippen LogP contribution in [0, 0.1) is 5.92 Å². The van der Waals surface area contributed by atoms with E-state index in [4.69, 9.17) is 4.74 Å². The van der Waals surface area contributed by atoms with Crippen LogP contribution in [0.25, 0.3) is 0 Å². The van der Waals surface area contributed by atoms with Gasteiger partial charge in [0.2, 0.25) is 11.8 Å². The minimum Gasteiger partial charge on any atom is -0.379 e. The van der Waals surface area contributed by atoms with Crippen molar-refractivity contribution in [2.45, 2.75) is 24.9 Å². The van der Waals surface area contributed by atoms with Gasteiger partial charge in [0.15, 0.2) is 0 Å². The average Bonchev–Trinajstić information content (AvgIpc) is 3.36. The van der Waals surface area contributed by atoms with E-state index in [1.807, 2.05) is 47.0 Å². The molecule has 2 atom stereocenters. The molecule has 1 aromatic rings. The number of benzene rings is 1. The second-order valence-corrected chi connectivity index (χ2v) is 9.11. The molecule has 3 aliphatic heterocycles. The standard InChI is InChI=1S/C21H29N3O3S/c25-19-12-18(14-23(19)13-17-4-2-1-3-5-17)20(26)22-15-21(6-11-28-16-21)24-7-9-27-10-8-24/h1-5,18H,6-16H2,(H,22,26). The SMILES string of the molecule is O=C(NCC1(N2CCOCC2)CCSC1)C1CC(=O)N(Cc2ccccc2)C1. The molecule has 152 valence electrons. The molecule has 6 nitrogen and oxygen atoms in total. The Morgan fingerprint density at radius 1 is 1.25 bits per heavy atom. The normalized spacial score (nSPS) is 28.6. The number of ether oxygens (including phenoxy) is 1. The summed E-state index contributed by atoms with van der Waals surface area (Å²) in [5, 5.41) is 3.20. The van der Waals surface area contributed by atoms with Crippen molar-refractivity contribution in [3.8, 4) is 0 Å². The number of morpholine rings is 1. The number of carbonyl (C=O) groups is 2. The van der Waals surface area contributed by atoms with Crippen LogP contribution in [0.2, 0.25) is 0 Å². The number of thioether (sulfide) groups is 1. The lowest BCUT2D eigenvalue weighted by molar-refractivity contribution is -0.129. The molecule has 3 saturated heterocycles. The van der Waals surface area contributed by atoms with Crippen LogP contribution in [-0.2, 0) is 20.9 Å². The van der Waals surface area contributed by atoms with Crippen LogP contribution < -0.4 is 5.32 Å². The summed E-state index contributed by atoms with van der Waals surface area (Å²) in [5.41, 5.74) is 1.14. The van der Waals surface area contributed by atoms with Gasteiger partial charge in [0.05, 0.1) is 19.1 Å². The molecule has 4 rings (SSSR count). The van der Waals surface area contributed by atoms with Crippen LogP contribution in [0.3, 0.4) is 0 Å². The highest BCUT2D eigenvalue weighted by Crippen LogP contribution is 2.33. The van der Waals surface area contributed by atoms with Crippen LogP contribution in [0.4, 0.5) is 0 Å². The number of carbonyl (C=O) groups excluding carboxylic acids is 2. The fraction of sp³-hybridized carbons (Fsp3) is 0.619. The maximum absolute atomic E-state index is 12.8. The van der Waals surface area contributed by atoms with Crippen LogP contribution in [-0.4, -0.2) is 78.1 Å². The van der Waals surface area contributed by atoms with Crippen molar-refractivity contribution in [1.82, 2.24) is 15.1 Å². The Morgan fingerprint density at radius 2 is 2.04 bits per heavy atom. The van der Waals surface area contributed by atoms with Crippen LogP contribution in [0.15, 0.2) is 30.3 Å². The molecule has 3 fully saturated rings. The Balaban J connectivity index is 1.32. The molecule has 7 heteroatoms. The van der Waals surface area contributed by atoms with E-state index in [0.717, 1.165) is 49.8 Å². The molecule has 0 bridgehead atoms.